The third kappa shape index (κ3) is 2.30. The van der Waals surface area contributed by atoms with Crippen molar-refractivity contribution in [1.82, 2.24) is 10.2 Å². The molecule has 1 saturated heterocycles. The van der Waals surface area contributed by atoms with E-state index in [9.17, 15) is 0 Å². The van der Waals surface area contributed by atoms with Crippen LogP contribution in [-0.2, 0) is 5.75 Å². The molecule has 0 bridgehead atoms. The summed E-state index contributed by atoms with van der Waals surface area (Å²) in [6.45, 7) is 2.27. The van der Waals surface area contributed by atoms with E-state index in [-0.39, 0.29) is 0 Å². The van der Waals surface area contributed by atoms with E-state index in [4.69, 9.17) is 0 Å². The molecule has 2 aliphatic rings. The highest BCUT2D eigenvalue weighted by molar-refractivity contribution is 7.98. The van der Waals surface area contributed by atoms with Gasteiger partial charge in [-0.25, -0.2) is 0 Å². The van der Waals surface area contributed by atoms with Crippen molar-refractivity contribution < 1.29 is 0 Å². The third-order valence-corrected chi connectivity index (χ3v) is 5.77. The molecule has 21 heavy (non-hydrogen) atoms. The van der Waals surface area contributed by atoms with E-state index < -0.39 is 0 Å². The number of rotatable bonds is 2. The molecule has 3 heteroatoms. The fraction of sp³-hybridized carbons (Fsp3) is 0.333. The van der Waals surface area contributed by atoms with Crippen LogP contribution < -0.4 is 5.32 Å². The first-order valence-corrected chi connectivity index (χ1v) is 8.56. The summed E-state index contributed by atoms with van der Waals surface area (Å²) in [4.78, 5) is 4.04. The van der Waals surface area contributed by atoms with Crippen molar-refractivity contribution in [3.8, 4) is 0 Å². The summed E-state index contributed by atoms with van der Waals surface area (Å²) in [7, 11) is 2.06. The molecule has 0 saturated carbocycles. The lowest BCUT2D eigenvalue weighted by molar-refractivity contribution is 0.0964. The maximum atomic E-state index is 3.39. The smallest absolute Gasteiger partial charge is 0.0616 e. The normalized spacial score (nSPS) is 22.0. The molecular weight excluding hydrogens is 276 g/mol. The Labute approximate surface area is 130 Å². The summed E-state index contributed by atoms with van der Waals surface area (Å²) in [5.41, 5.74) is 4.45. The zero-order valence-corrected chi connectivity index (χ0v) is 13.1. The Kier molecular flexibility index (Phi) is 3.49. The van der Waals surface area contributed by atoms with Crippen molar-refractivity contribution in [2.45, 2.75) is 22.7 Å². The maximum absolute atomic E-state index is 3.39. The second kappa shape index (κ2) is 5.48. The van der Waals surface area contributed by atoms with E-state index in [1.807, 2.05) is 11.8 Å². The SMILES string of the molecule is CNC1CN([C@@H]2c3ccccc3CSc3ccccc32)C1. The molecule has 2 heterocycles. The van der Waals surface area contributed by atoms with E-state index in [0.717, 1.165) is 18.8 Å². The second-order valence-electron chi connectivity index (χ2n) is 5.87. The molecule has 1 N–H and O–H groups in total. The lowest BCUT2D eigenvalue weighted by atomic mass is 9.90. The van der Waals surface area contributed by atoms with Gasteiger partial charge in [-0.05, 0) is 29.8 Å². The predicted octanol–water partition coefficient (Wildman–Crippen LogP) is 3.29. The fourth-order valence-electron chi connectivity index (χ4n) is 3.39. The van der Waals surface area contributed by atoms with E-state index in [1.54, 1.807) is 0 Å². The first-order chi connectivity index (χ1) is 10.4. The monoisotopic (exact) mass is 296 g/mol. The first kappa shape index (κ1) is 13.4. The molecule has 0 aliphatic carbocycles. The zero-order chi connectivity index (χ0) is 14.2. The van der Waals surface area contributed by atoms with Gasteiger partial charge < -0.3 is 5.32 Å². The van der Waals surface area contributed by atoms with Gasteiger partial charge in [0.15, 0.2) is 0 Å². The number of fused-ring (bicyclic) bond motifs is 2. The van der Waals surface area contributed by atoms with Crippen LogP contribution in [0.1, 0.15) is 22.7 Å². The molecule has 108 valence electrons. The summed E-state index contributed by atoms with van der Waals surface area (Å²) in [5.74, 6) is 1.08. The van der Waals surface area contributed by atoms with Crippen molar-refractivity contribution in [2.75, 3.05) is 20.1 Å². The molecule has 0 spiro atoms. The topological polar surface area (TPSA) is 15.3 Å². The molecule has 0 amide bonds. The summed E-state index contributed by atoms with van der Waals surface area (Å²) < 4.78 is 0. The Morgan fingerprint density at radius 2 is 1.71 bits per heavy atom. The summed E-state index contributed by atoms with van der Waals surface area (Å²) >= 11 is 1.97. The van der Waals surface area contributed by atoms with Crippen molar-refractivity contribution in [3.63, 3.8) is 0 Å². The summed E-state index contributed by atoms with van der Waals surface area (Å²) in [5, 5.41) is 3.39. The van der Waals surface area contributed by atoms with Crippen molar-refractivity contribution in [1.29, 1.82) is 0 Å². The Bertz CT molecular complexity index is 602. The van der Waals surface area contributed by atoms with Gasteiger partial charge in [-0.2, -0.15) is 0 Å². The molecule has 1 atom stereocenters. The number of nitrogens with one attached hydrogen (secondary N) is 1. The van der Waals surface area contributed by atoms with Gasteiger partial charge in [-0.15, -0.1) is 11.8 Å². The number of likely N-dealkylation sites (N-methyl/N-ethyl adjacent to an activating group) is 1. The quantitative estimate of drug-likeness (QED) is 0.915. The van der Waals surface area contributed by atoms with Crippen LogP contribution in [0.3, 0.4) is 0 Å². The Morgan fingerprint density at radius 1 is 1.00 bits per heavy atom. The van der Waals surface area contributed by atoms with E-state index in [0.29, 0.717) is 12.1 Å². The van der Waals surface area contributed by atoms with Crippen LogP contribution >= 0.6 is 11.8 Å². The van der Waals surface area contributed by atoms with Crippen LogP contribution in [0.2, 0.25) is 0 Å². The molecule has 2 nitrogen and oxygen atoms in total. The van der Waals surface area contributed by atoms with Crippen LogP contribution in [0.25, 0.3) is 0 Å². The van der Waals surface area contributed by atoms with Crippen molar-refractivity contribution in [3.05, 3.63) is 65.2 Å². The van der Waals surface area contributed by atoms with Gasteiger partial charge in [0.05, 0.1) is 6.04 Å². The molecule has 0 unspecified atom stereocenters. The summed E-state index contributed by atoms with van der Waals surface area (Å²) in [6.07, 6.45) is 0. The molecule has 2 aromatic carbocycles. The Hall–Kier alpha value is -1.29. The number of nitrogens with zero attached hydrogens (tertiary/aromatic N) is 1. The Morgan fingerprint density at radius 3 is 2.52 bits per heavy atom. The van der Waals surface area contributed by atoms with Gasteiger partial charge in [0, 0.05) is 29.8 Å². The minimum atomic E-state index is 0.414. The predicted molar refractivity (Wildman–Crippen MR) is 88.7 cm³/mol. The first-order valence-electron chi connectivity index (χ1n) is 7.57. The van der Waals surface area contributed by atoms with E-state index >= 15 is 0 Å². The number of likely N-dealkylation sites (tertiary alicyclic amines) is 1. The number of hydrogen-bond acceptors (Lipinski definition) is 3. The number of hydrogen-bond donors (Lipinski definition) is 1. The highest BCUT2D eigenvalue weighted by atomic mass is 32.2. The third-order valence-electron chi connectivity index (χ3n) is 4.63. The zero-order valence-electron chi connectivity index (χ0n) is 12.3. The maximum Gasteiger partial charge on any atom is 0.0616 e. The minimum Gasteiger partial charge on any atom is -0.315 e. The molecular formula is C18H20N2S. The van der Waals surface area contributed by atoms with Crippen LogP contribution in [0.4, 0.5) is 0 Å². The van der Waals surface area contributed by atoms with Gasteiger partial charge in [-0.3, -0.25) is 4.90 Å². The van der Waals surface area contributed by atoms with Crippen LogP contribution in [0.15, 0.2) is 53.4 Å². The van der Waals surface area contributed by atoms with Gasteiger partial charge in [0.2, 0.25) is 0 Å². The van der Waals surface area contributed by atoms with Crippen LogP contribution in [0.5, 0.6) is 0 Å². The standard InChI is InChI=1S/C18H20N2S/c1-19-14-10-20(11-14)18-15-7-3-2-6-13(15)12-21-17-9-5-4-8-16(17)18/h2-9,14,18-19H,10-12H2,1H3/t18-/m1/s1. The molecule has 0 aromatic heterocycles. The minimum absolute atomic E-state index is 0.414. The largest absolute Gasteiger partial charge is 0.315 e. The average molecular weight is 296 g/mol. The number of benzene rings is 2. The van der Waals surface area contributed by atoms with Gasteiger partial charge in [0.25, 0.3) is 0 Å². The number of thioether (sulfide) groups is 1. The molecule has 1 fully saturated rings. The molecule has 2 aromatic rings. The molecule has 0 radical (unpaired) electrons. The fourth-order valence-corrected chi connectivity index (χ4v) is 4.49. The Balaban J connectivity index is 1.79. The summed E-state index contributed by atoms with van der Waals surface area (Å²) in [6, 6.07) is 18.9. The second-order valence-corrected chi connectivity index (χ2v) is 6.88. The van der Waals surface area contributed by atoms with Crippen LogP contribution in [-0.4, -0.2) is 31.1 Å². The lowest BCUT2D eigenvalue weighted by Crippen LogP contribution is -2.58. The van der Waals surface area contributed by atoms with Gasteiger partial charge >= 0.3 is 0 Å². The van der Waals surface area contributed by atoms with E-state index in [2.05, 4.69) is 65.8 Å². The molecule has 4 rings (SSSR count). The van der Waals surface area contributed by atoms with Crippen molar-refractivity contribution >= 4 is 11.8 Å². The molecule has 2 aliphatic heterocycles. The van der Waals surface area contributed by atoms with Crippen LogP contribution in [0, 0.1) is 0 Å². The lowest BCUT2D eigenvalue weighted by Gasteiger charge is -2.45. The van der Waals surface area contributed by atoms with Gasteiger partial charge in [-0.1, -0.05) is 42.5 Å². The van der Waals surface area contributed by atoms with Gasteiger partial charge in [0.1, 0.15) is 0 Å². The average Bonchev–Trinajstić information content (AvgIpc) is 2.64. The van der Waals surface area contributed by atoms with Crippen molar-refractivity contribution in [2.24, 2.45) is 0 Å². The highest BCUT2D eigenvalue weighted by Gasteiger charge is 2.36. The van der Waals surface area contributed by atoms with E-state index in [1.165, 1.54) is 21.6 Å². The highest BCUT2D eigenvalue weighted by Crippen LogP contribution is 2.43.